The molecule has 2 heterocycles. The Kier molecular flexibility index (Phi) is 2.28. The molecule has 0 spiro atoms. The van der Waals surface area contributed by atoms with Crippen molar-refractivity contribution in [2.75, 3.05) is 18.0 Å². The van der Waals surface area contributed by atoms with Crippen molar-refractivity contribution in [1.82, 2.24) is 4.98 Å². The lowest BCUT2D eigenvalue weighted by molar-refractivity contribution is 0.145. The van der Waals surface area contributed by atoms with E-state index in [9.17, 15) is 5.11 Å². The molecule has 3 nitrogen and oxygen atoms in total. The Hall–Kier alpha value is -0.610. The lowest BCUT2D eigenvalue weighted by Crippen LogP contribution is -2.35. The molecule has 1 N–H and O–H groups in total. The predicted molar refractivity (Wildman–Crippen MR) is 49.6 cm³/mol. The van der Waals surface area contributed by atoms with Crippen molar-refractivity contribution in [2.45, 2.75) is 18.9 Å². The molecular weight excluding hydrogens is 172 g/mol. The lowest BCUT2D eigenvalue weighted by atomic mass is 10.1. The van der Waals surface area contributed by atoms with Crippen molar-refractivity contribution in [2.24, 2.45) is 0 Å². The third kappa shape index (κ3) is 1.59. The van der Waals surface area contributed by atoms with Crippen LogP contribution in [0.15, 0.2) is 11.6 Å². The van der Waals surface area contributed by atoms with Crippen LogP contribution in [-0.4, -0.2) is 29.3 Å². The molecule has 1 aromatic rings. The Morgan fingerprint density at radius 2 is 2.25 bits per heavy atom. The van der Waals surface area contributed by atoms with Gasteiger partial charge in [0.25, 0.3) is 0 Å². The summed E-state index contributed by atoms with van der Waals surface area (Å²) in [6, 6.07) is 0. The fourth-order valence-electron chi connectivity index (χ4n) is 1.43. The van der Waals surface area contributed by atoms with Gasteiger partial charge in [0.05, 0.1) is 6.10 Å². The zero-order valence-corrected chi connectivity index (χ0v) is 7.63. The predicted octanol–water partition coefficient (Wildman–Crippen LogP) is 1.10. The van der Waals surface area contributed by atoms with E-state index in [4.69, 9.17) is 0 Å². The van der Waals surface area contributed by atoms with Crippen molar-refractivity contribution in [1.29, 1.82) is 0 Å². The number of nitrogens with zero attached hydrogens (tertiary/aromatic N) is 2. The molecule has 66 valence electrons. The zero-order valence-electron chi connectivity index (χ0n) is 6.81. The van der Waals surface area contributed by atoms with E-state index in [2.05, 4.69) is 9.88 Å². The molecule has 0 saturated carbocycles. The molecule has 0 aliphatic carbocycles. The van der Waals surface area contributed by atoms with Crippen LogP contribution in [0, 0.1) is 0 Å². The summed E-state index contributed by atoms with van der Waals surface area (Å²) in [5, 5.41) is 12.4. The highest BCUT2D eigenvalue weighted by Gasteiger charge is 2.18. The van der Waals surface area contributed by atoms with E-state index >= 15 is 0 Å². The number of aromatic nitrogens is 1. The van der Waals surface area contributed by atoms with E-state index in [0.29, 0.717) is 0 Å². The second kappa shape index (κ2) is 3.41. The topological polar surface area (TPSA) is 36.4 Å². The van der Waals surface area contributed by atoms with Gasteiger partial charge in [0, 0.05) is 24.7 Å². The molecule has 0 bridgehead atoms. The highest BCUT2D eigenvalue weighted by molar-refractivity contribution is 7.13. The fraction of sp³-hybridized carbons (Fsp3) is 0.625. The second-order valence-corrected chi connectivity index (χ2v) is 3.91. The van der Waals surface area contributed by atoms with Crippen molar-refractivity contribution < 1.29 is 5.11 Å². The van der Waals surface area contributed by atoms with Crippen LogP contribution in [0.1, 0.15) is 12.8 Å². The summed E-state index contributed by atoms with van der Waals surface area (Å²) in [5.41, 5.74) is 0. The quantitative estimate of drug-likeness (QED) is 0.710. The minimum Gasteiger partial charge on any atom is -0.393 e. The first kappa shape index (κ1) is 8.01. The van der Waals surface area contributed by atoms with Crippen LogP contribution in [-0.2, 0) is 0 Å². The van der Waals surface area contributed by atoms with Crippen LogP contribution in [0.5, 0.6) is 0 Å². The highest BCUT2D eigenvalue weighted by atomic mass is 32.1. The Balaban J connectivity index is 1.99. The standard InChI is InChI=1S/C8H12N2OS/c11-7-1-4-10(5-2-7)8-9-3-6-12-8/h3,6-7,11H,1-2,4-5H2. The molecule has 0 atom stereocenters. The van der Waals surface area contributed by atoms with Gasteiger partial charge < -0.3 is 10.0 Å². The third-order valence-electron chi connectivity index (χ3n) is 2.15. The average Bonchev–Trinajstić information content (AvgIpc) is 2.58. The van der Waals surface area contributed by atoms with Gasteiger partial charge in [-0.1, -0.05) is 0 Å². The number of rotatable bonds is 1. The Morgan fingerprint density at radius 1 is 1.50 bits per heavy atom. The maximum Gasteiger partial charge on any atom is 0.185 e. The molecule has 12 heavy (non-hydrogen) atoms. The van der Waals surface area contributed by atoms with Gasteiger partial charge in [0.1, 0.15) is 0 Å². The first-order valence-electron chi connectivity index (χ1n) is 4.19. The summed E-state index contributed by atoms with van der Waals surface area (Å²) in [5.74, 6) is 0. The lowest BCUT2D eigenvalue weighted by Gasteiger charge is -2.28. The molecule has 0 radical (unpaired) electrons. The smallest absolute Gasteiger partial charge is 0.185 e. The number of thiazole rings is 1. The van der Waals surface area contributed by atoms with E-state index in [0.717, 1.165) is 31.1 Å². The summed E-state index contributed by atoms with van der Waals surface area (Å²) < 4.78 is 0. The third-order valence-corrected chi connectivity index (χ3v) is 2.99. The Labute approximate surface area is 75.7 Å². The fourth-order valence-corrected chi connectivity index (χ4v) is 2.13. The van der Waals surface area contributed by atoms with Crippen LogP contribution < -0.4 is 4.90 Å². The summed E-state index contributed by atoms with van der Waals surface area (Å²) in [6.45, 7) is 1.88. The molecule has 2 rings (SSSR count). The molecule has 1 aliphatic heterocycles. The SMILES string of the molecule is OC1CCN(c2nccs2)CC1. The first-order chi connectivity index (χ1) is 5.86. The molecular formula is C8H12N2OS. The molecule has 1 saturated heterocycles. The van der Waals surface area contributed by atoms with Crippen LogP contribution in [0.3, 0.4) is 0 Å². The van der Waals surface area contributed by atoms with Gasteiger partial charge in [-0.05, 0) is 12.8 Å². The monoisotopic (exact) mass is 184 g/mol. The second-order valence-electron chi connectivity index (χ2n) is 3.03. The van der Waals surface area contributed by atoms with Gasteiger partial charge in [0.2, 0.25) is 0 Å². The van der Waals surface area contributed by atoms with Crippen LogP contribution in [0.2, 0.25) is 0 Å². The number of hydrogen-bond donors (Lipinski definition) is 1. The van der Waals surface area contributed by atoms with E-state index in [1.165, 1.54) is 0 Å². The maximum atomic E-state index is 9.28. The first-order valence-corrected chi connectivity index (χ1v) is 5.07. The number of piperidine rings is 1. The van der Waals surface area contributed by atoms with E-state index < -0.39 is 0 Å². The molecule has 1 aliphatic rings. The van der Waals surface area contributed by atoms with Crippen molar-refractivity contribution in [3.05, 3.63) is 11.6 Å². The summed E-state index contributed by atoms with van der Waals surface area (Å²) in [6.07, 6.45) is 3.48. The van der Waals surface area contributed by atoms with Gasteiger partial charge in [-0.25, -0.2) is 4.98 Å². The van der Waals surface area contributed by atoms with Crippen molar-refractivity contribution in [3.8, 4) is 0 Å². The van der Waals surface area contributed by atoms with Gasteiger partial charge >= 0.3 is 0 Å². The van der Waals surface area contributed by atoms with E-state index in [1.807, 2.05) is 11.6 Å². The maximum absolute atomic E-state index is 9.28. The zero-order chi connectivity index (χ0) is 8.39. The molecule has 0 unspecified atom stereocenters. The van der Waals surface area contributed by atoms with E-state index in [1.54, 1.807) is 11.3 Å². The molecule has 1 fully saturated rings. The minimum atomic E-state index is -0.0961. The highest BCUT2D eigenvalue weighted by Crippen LogP contribution is 2.21. The number of aliphatic hydroxyl groups excluding tert-OH is 1. The summed E-state index contributed by atoms with van der Waals surface area (Å²) in [4.78, 5) is 6.46. The van der Waals surface area contributed by atoms with Crippen LogP contribution in [0.4, 0.5) is 5.13 Å². The number of hydrogen-bond acceptors (Lipinski definition) is 4. The minimum absolute atomic E-state index is 0.0961. The van der Waals surface area contributed by atoms with Crippen molar-refractivity contribution in [3.63, 3.8) is 0 Å². The van der Waals surface area contributed by atoms with Gasteiger partial charge in [0.15, 0.2) is 5.13 Å². The van der Waals surface area contributed by atoms with Gasteiger partial charge in [-0.15, -0.1) is 11.3 Å². The Bertz CT molecular complexity index is 229. The number of aliphatic hydroxyl groups is 1. The van der Waals surface area contributed by atoms with Crippen LogP contribution >= 0.6 is 11.3 Å². The number of anilines is 1. The van der Waals surface area contributed by atoms with Crippen molar-refractivity contribution >= 4 is 16.5 Å². The average molecular weight is 184 g/mol. The molecule has 0 aromatic carbocycles. The largest absolute Gasteiger partial charge is 0.393 e. The summed E-state index contributed by atoms with van der Waals surface area (Å²) >= 11 is 1.66. The Morgan fingerprint density at radius 3 is 2.83 bits per heavy atom. The normalized spacial score (nSPS) is 19.9. The van der Waals surface area contributed by atoms with E-state index in [-0.39, 0.29) is 6.10 Å². The molecule has 4 heteroatoms. The summed E-state index contributed by atoms with van der Waals surface area (Å²) in [7, 11) is 0. The molecule has 0 amide bonds. The van der Waals surface area contributed by atoms with Gasteiger partial charge in [-0.2, -0.15) is 0 Å². The van der Waals surface area contributed by atoms with Crippen LogP contribution in [0.25, 0.3) is 0 Å². The molecule has 1 aromatic heterocycles. The van der Waals surface area contributed by atoms with Gasteiger partial charge in [-0.3, -0.25) is 0 Å².